The maximum atomic E-state index is 13.6. The lowest BCUT2D eigenvalue weighted by Gasteiger charge is -2.18. The zero-order valence-electron chi connectivity index (χ0n) is 11.4. The van der Waals surface area contributed by atoms with Gasteiger partial charge in [0.2, 0.25) is 0 Å². The summed E-state index contributed by atoms with van der Waals surface area (Å²) in [6, 6.07) is 11.2. The Labute approximate surface area is 131 Å². The summed E-state index contributed by atoms with van der Waals surface area (Å²) in [5.74, 6) is 5.44. The molecule has 1 heterocycles. The van der Waals surface area contributed by atoms with Gasteiger partial charge in [-0.05, 0) is 50.7 Å². The maximum absolute atomic E-state index is 13.6. The highest BCUT2D eigenvalue weighted by Gasteiger charge is 2.17. The second kappa shape index (κ2) is 6.23. The van der Waals surface area contributed by atoms with E-state index in [9.17, 15) is 4.39 Å². The van der Waals surface area contributed by atoms with Crippen molar-refractivity contribution in [2.45, 2.75) is 25.7 Å². The molecule has 5 heteroatoms. The number of nitrogens with two attached hydrogens (primary N) is 1. The molecule has 0 bridgehead atoms. The molecule has 0 radical (unpaired) electrons. The van der Waals surface area contributed by atoms with Crippen LogP contribution in [-0.4, -0.2) is 0 Å². The zero-order valence-corrected chi connectivity index (χ0v) is 13.0. The Kier molecular flexibility index (Phi) is 4.35. The van der Waals surface area contributed by atoms with Crippen LogP contribution in [0.2, 0.25) is 0 Å². The van der Waals surface area contributed by atoms with Crippen LogP contribution in [0.3, 0.4) is 0 Å². The van der Waals surface area contributed by atoms with Crippen molar-refractivity contribution >= 4 is 15.9 Å². The lowest BCUT2D eigenvalue weighted by Crippen LogP contribution is -2.29. The fourth-order valence-corrected chi connectivity index (χ4v) is 3.03. The van der Waals surface area contributed by atoms with Crippen LogP contribution >= 0.6 is 15.9 Å². The average Bonchev–Trinajstić information content (AvgIpc) is 2.96. The van der Waals surface area contributed by atoms with Crippen LogP contribution in [0.1, 0.15) is 28.3 Å². The Balaban J connectivity index is 1.87. The molecule has 0 aromatic heterocycles. The highest BCUT2D eigenvalue weighted by Crippen LogP contribution is 2.28. The minimum absolute atomic E-state index is 0.0750. The molecule has 3 rings (SSSR count). The average molecular weight is 351 g/mol. The third kappa shape index (κ3) is 3.01. The summed E-state index contributed by atoms with van der Waals surface area (Å²) in [6.45, 7) is 1.32. The van der Waals surface area contributed by atoms with Crippen molar-refractivity contribution in [2.75, 3.05) is 0 Å². The van der Waals surface area contributed by atoms with E-state index in [2.05, 4.69) is 33.5 Å². The Bertz CT molecular complexity index is 663. The van der Waals surface area contributed by atoms with E-state index in [-0.39, 0.29) is 11.9 Å². The van der Waals surface area contributed by atoms with Gasteiger partial charge in [-0.3, -0.25) is 11.3 Å². The van der Waals surface area contributed by atoms with Gasteiger partial charge in [0.15, 0.2) is 0 Å². The van der Waals surface area contributed by atoms with Crippen LogP contribution in [0, 0.1) is 5.82 Å². The second-order valence-electron chi connectivity index (χ2n) is 5.16. The van der Waals surface area contributed by atoms with E-state index in [1.165, 1.54) is 17.2 Å². The Morgan fingerprint density at radius 2 is 2.05 bits per heavy atom. The summed E-state index contributed by atoms with van der Waals surface area (Å²) in [4.78, 5) is 0. The van der Waals surface area contributed by atoms with Crippen molar-refractivity contribution in [3.8, 4) is 0 Å². The van der Waals surface area contributed by atoms with Crippen molar-refractivity contribution in [1.29, 1.82) is 0 Å². The number of hydrazine groups is 1. The molecular weight excluding hydrogens is 335 g/mol. The standard InChI is InChI=1S/C16H16BrFN2O/c17-16-11(2-1-3-14(16)18)7-15(20-19)10-4-5-12-8-21-9-13(12)6-10/h1-6,15,20H,7-9,19H2. The van der Waals surface area contributed by atoms with E-state index in [1.807, 2.05) is 12.1 Å². The van der Waals surface area contributed by atoms with Gasteiger partial charge >= 0.3 is 0 Å². The third-order valence-electron chi connectivity index (χ3n) is 3.80. The van der Waals surface area contributed by atoms with Crippen molar-refractivity contribution in [2.24, 2.45) is 5.84 Å². The minimum atomic E-state index is -0.259. The number of ether oxygens (including phenoxy) is 1. The van der Waals surface area contributed by atoms with Crippen molar-refractivity contribution in [1.82, 2.24) is 5.43 Å². The number of benzene rings is 2. The summed E-state index contributed by atoms with van der Waals surface area (Å²) < 4.78 is 19.5. The molecule has 0 saturated carbocycles. The molecule has 2 aromatic carbocycles. The molecule has 21 heavy (non-hydrogen) atoms. The number of hydrogen-bond donors (Lipinski definition) is 2. The van der Waals surface area contributed by atoms with Gasteiger partial charge in [-0.25, -0.2) is 4.39 Å². The monoisotopic (exact) mass is 350 g/mol. The molecule has 0 amide bonds. The van der Waals surface area contributed by atoms with Gasteiger partial charge in [0.1, 0.15) is 5.82 Å². The van der Waals surface area contributed by atoms with Gasteiger partial charge in [-0.2, -0.15) is 0 Å². The predicted octanol–water partition coefficient (Wildman–Crippen LogP) is 3.37. The molecule has 0 spiro atoms. The predicted molar refractivity (Wildman–Crippen MR) is 82.8 cm³/mol. The lowest BCUT2D eigenvalue weighted by atomic mass is 9.96. The number of hydrogen-bond acceptors (Lipinski definition) is 3. The summed E-state index contributed by atoms with van der Waals surface area (Å²) in [5.41, 5.74) is 7.21. The molecular formula is C16H16BrFN2O. The molecule has 1 aliphatic rings. The van der Waals surface area contributed by atoms with Gasteiger partial charge in [-0.1, -0.05) is 30.3 Å². The molecule has 2 aromatic rings. The van der Waals surface area contributed by atoms with Gasteiger partial charge in [0, 0.05) is 0 Å². The smallest absolute Gasteiger partial charge is 0.137 e. The summed E-state index contributed by atoms with van der Waals surface area (Å²) in [7, 11) is 0. The number of rotatable bonds is 4. The number of nitrogens with one attached hydrogen (secondary N) is 1. The summed E-state index contributed by atoms with van der Waals surface area (Å²) >= 11 is 3.30. The van der Waals surface area contributed by atoms with Crippen LogP contribution in [0.4, 0.5) is 4.39 Å². The van der Waals surface area contributed by atoms with E-state index < -0.39 is 0 Å². The van der Waals surface area contributed by atoms with Crippen LogP contribution in [0.5, 0.6) is 0 Å². The van der Waals surface area contributed by atoms with Crippen LogP contribution < -0.4 is 11.3 Å². The van der Waals surface area contributed by atoms with Crippen LogP contribution in [-0.2, 0) is 24.4 Å². The molecule has 110 valence electrons. The maximum Gasteiger partial charge on any atom is 0.137 e. The summed E-state index contributed by atoms with van der Waals surface area (Å²) in [5, 5.41) is 0. The molecule has 0 fully saturated rings. The topological polar surface area (TPSA) is 47.3 Å². The molecule has 0 saturated heterocycles. The largest absolute Gasteiger partial charge is 0.372 e. The van der Waals surface area contributed by atoms with Gasteiger partial charge in [0.05, 0.1) is 23.7 Å². The fraction of sp³-hybridized carbons (Fsp3) is 0.250. The number of fused-ring (bicyclic) bond motifs is 1. The van der Waals surface area contributed by atoms with Crippen LogP contribution in [0.15, 0.2) is 40.9 Å². The molecule has 1 unspecified atom stereocenters. The van der Waals surface area contributed by atoms with Crippen molar-refractivity contribution < 1.29 is 9.13 Å². The van der Waals surface area contributed by atoms with Gasteiger partial charge in [0.25, 0.3) is 0 Å². The van der Waals surface area contributed by atoms with Crippen molar-refractivity contribution in [3.63, 3.8) is 0 Å². The lowest BCUT2D eigenvalue weighted by molar-refractivity contribution is 0.134. The first-order chi connectivity index (χ1) is 10.2. The molecule has 0 aliphatic carbocycles. The Morgan fingerprint density at radius 3 is 2.86 bits per heavy atom. The third-order valence-corrected chi connectivity index (χ3v) is 4.69. The first-order valence-electron chi connectivity index (χ1n) is 6.77. The van der Waals surface area contributed by atoms with Crippen LogP contribution in [0.25, 0.3) is 0 Å². The molecule has 1 aliphatic heterocycles. The Hall–Kier alpha value is -1.27. The summed E-state index contributed by atoms with van der Waals surface area (Å²) in [6.07, 6.45) is 0.606. The van der Waals surface area contributed by atoms with E-state index in [0.717, 1.165) is 11.1 Å². The zero-order chi connectivity index (χ0) is 14.8. The SMILES string of the molecule is NNC(Cc1cccc(F)c1Br)c1ccc2c(c1)COC2. The number of halogens is 2. The fourth-order valence-electron chi connectivity index (χ4n) is 2.61. The quantitative estimate of drug-likeness (QED) is 0.656. The van der Waals surface area contributed by atoms with Gasteiger partial charge < -0.3 is 4.74 Å². The normalized spacial score (nSPS) is 15.0. The first kappa shape index (κ1) is 14.7. The van der Waals surface area contributed by atoms with E-state index in [4.69, 9.17) is 10.6 Å². The first-order valence-corrected chi connectivity index (χ1v) is 7.57. The Morgan fingerprint density at radius 1 is 1.24 bits per heavy atom. The highest BCUT2D eigenvalue weighted by molar-refractivity contribution is 9.10. The second-order valence-corrected chi connectivity index (χ2v) is 5.95. The molecule has 3 N–H and O–H groups in total. The molecule has 3 nitrogen and oxygen atoms in total. The molecule has 1 atom stereocenters. The van der Waals surface area contributed by atoms with E-state index in [1.54, 1.807) is 6.07 Å². The van der Waals surface area contributed by atoms with E-state index >= 15 is 0 Å². The van der Waals surface area contributed by atoms with Gasteiger partial charge in [-0.15, -0.1) is 0 Å². The van der Waals surface area contributed by atoms with Crippen molar-refractivity contribution in [3.05, 3.63) is 68.9 Å². The minimum Gasteiger partial charge on any atom is -0.372 e. The highest BCUT2D eigenvalue weighted by atomic mass is 79.9. The van der Waals surface area contributed by atoms with E-state index in [0.29, 0.717) is 24.1 Å².